The molecule has 1 N–H and O–H groups in total. The van der Waals surface area contributed by atoms with Crippen LogP contribution in [0.5, 0.6) is 0 Å². The van der Waals surface area contributed by atoms with E-state index in [-0.39, 0.29) is 10.8 Å². The summed E-state index contributed by atoms with van der Waals surface area (Å²) in [5.74, 6) is -0.996. The number of benzene rings is 1. The van der Waals surface area contributed by atoms with E-state index in [4.69, 9.17) is 27.9 Å². The third-order valence-electron chi connectivity index (χ3n) is 4.44. The Bertz CT molecular complexity index is 1300. The zero-order chi connectivity index (χ0) is 22.1. The van der Waals surface area contributed by atoms with Crippen LogP contribution in [0.1, 0.15) is 21.1 Å². The number of carbonyl (C=O) groups is 2. The van der Waals surface area contributed by atoms with Crippen molar-refractivity contribution in [1.29, 1.82) is 0 Å². The summed E-state index contributed by atoms with van der Waals surface area (Å²) in [5.41, 5.74) is 2.21. The molecule has 0 aliphatic heterocycles. The number of aryl methyl sites for hydroxylation is 2. The van der Waals surface area contributed by atoms with Gasteiger partial charge in [0, 0.05) is 5.39 Å². The largest absolute Gasteiger partial charge is 0.451 e. The van der Waals surface area contributed by atoms with Crippen LogP contribution < -0.4 is 5.32 Å². The minimum atomic E-state index is -0.596. The van der Waals surface area contributed by atoms with Gasteiger partial charge in [0.1, 0.15) is 9.71 Å². The zero-order valence-electron chi connectivity index (χ0n) is 16.5. The van der Waals surface area contributed by atoms with E-state index in [1.54, 1.807) is 17.7 Å². The van der Waals surface area contributed by atoms with Crippen LogP contribution in [0.3, 0.4) is 0 Å². The van der Waals surface area contributed by atoms with E-state index in [0.29, 0.717) is 15.6 Å². The molecular formula is C21H16Cl2N4O3S. The molecule has 0 unspecified atom stereocenters. The fourth-order valence-electron chi connectivity index (χ4n) is 2.91. The van der Waals surface area contributed by atoms with Crippen LogP contribution in [0.15, 0.2) is 42.5 Å². The van der Waals surface area contributed by atoms with E-state index >= 15 is 0 Å². The molecule has 0 fully saturated rings. The number of nitrogens with zero attached hydrogens (tertiary/aromatic N) is 3. The first-order valence-electron chi connectivity index (χ1n) is 9.17. The van der Waals surface area contributed by atoms with Crippen LogP contribution >= 0.6 is 34.5 Å². The highest BCUT2D eigenvalue weighted by atomic mass is 35.5. The molecule has 7 nitrogen and oxygen atoms in total. The average molecular weight is 475 g/mol. The van der Waals surface area contributed by atoms with Gasteiger partial charge in [0.05, 0.1) is 27.1 Å². The average Bonchev–Trinajstić information content (AvgIpc) is 3.31. The Morgan fingerprint density at radius 3 is 2.58 bits per heavy atom. The van der Waals surface area contributed by atoms with Gasteiger partial charge >= 0.3 is 5.97 Å². The molecule has 0 aliphatic carbocycles. The maximum atomic E-state index is 12.5. The number of pyridine rings is 1. The zero-order valence-corrected chi connectivity index (χ0v) is 18.8. The van der Waals surface area contributed by atoms with Crippen molar-refractivity contribution in [3.63, 3.8) is 0 Å². The first kappa shape index (κ1) is 21.3. The molecule has 0 saturated heterocycles. The van der Waals surface area contributed by atoms with Crippen LogP contribution in [0, 0.1) is 13.8 Å². The van der Waals surface area contributed by atoms with E-state index in [0.717, 1.165) is 21.6 Å². The van der Waals surface area contributed by atoms with Gasteiger partial charge in [-0.3, -0.25) is 4.79 Å². The summed E-state index contributed by atoms with van der Waals surface area (Å²) in [6.07, 6.45) is 0. The molecule has 0 saturated carbocycles. The first-order valence-corrected chi connectivity index (χ1v) is 10.7. The number of hydrogen-bond donors (Lipinski definition) is 1. The number of aromatic nitrogens is 3. The highest BCUT2D eigenvalue weighted by molar-refractivity contribution is 7.20. The van der Waals surface area contributed by atoms with Crippen molar-refractivity contribution in [3.05, 3.63) is 68.8 Å². The molecule has 0 spiro atoms. The quantitative estimate of drug-likeness (QED) is 0.401. The van der Waals surface area contributed by atoms with E-state index < -0.39 is 18.5 Å². The summed E-state index contributed by atoms with van der Waals surface area (Å²) in [7, 11) is 0. The highest BCUT2D eigenvalue weighted by Gasteiger charge is 2.19. The molecular weight excluding hydrogens is 459 g/mol. The van der Waals surface area contributed by atoms with E-state index in [1.165, 1.54) is 17.4 Å². The topological polar surface area (TPSA) is 86.1 Å². The number of hydrogen-bond acceptors (Lipinski definition) is 6. The van der Waals surface area contributed by atoms with Crippen LogP contribution in [0.4, 0.5) is 5.82 Å². The molecule has 1 aromatic carbocycles. The van der Waals surface area contributed by atoms with Gasteiger partial charge < -0.3 is 10.1 Å². The summed E-state index contributed by atoms with van der Waals surface area (Å²) in [6, 6.07) is 12.8. The Labute approximate surface area is 191 Å². The summed E-state index contributed by atoms with van der Waals surface area (Å²) in [5, 5.41) is 8.51. The van der Waals surface area contributed by atoms with Gasteiger partial charge in [0.2, 0.25) is 0 Å². The smallest absolute Gasteiger partial charge is 0.348 e. The summed E-state index contributed by atoms with van der Waals surface area (Å²) < 4.78 is 6.96. The van der Waals surface area contributed by atoms with Gasteiger partial charge in [-0.25, -0.2) is 14.5 Å². The van der Waals surface area contributed by atoms with Gasteiger partial charge in [-0.05, 0) is 38.1 Å². The lowest BCUT2D eigenvalue weighted by molar-refractivity contribution is -0.119. The van der Waals surface area contributed by atoms with E-state index in [9.17, 15) is 9.59 Å². The summed E-state index contributed by atoms with van der Waals surface area (Å²) in [4.78, 5) is 30.0. The second-order valence-corrected chi connectivity index (χ2v) is 8.52. The van der Waals surface area contributed by atoms with Crippen molar-refractivity contribution in [2.45, 2.75) is 13.8 Å². The molecule has 10 heteroatoms. The fraction of sp³-hybridized carbons (Fsp3) is 0.143. The standard InChI is InChI=1S/C21H16Cl2N4O3S/c1-11-14-8-17(31-20(14)27(26-11)13-6-4-3-5-7-13)21(29)30-10-18(28)25-19-16(23)9-15(22)12(2)24-19/h3-9H,10H2,1-2H3,(H,24,25,28). The third kappa shape index (κ3) is 4.41. The van der Waals surface area contributed by atoms with Crippen molar-refractivity contribution >= 4 is 62.4 Å². The number of thiophene rings is 1. The first-order chi connectivity index (χ1) is 14.8. The van der Waals surface area contributed by atoms with Gasteiger partial charge in [0.15, 0.2) is 12.4 Å². The second kappa shape index (κ2) is 8.66. The van der Waals surface area contributed by atoms with Gasteiger partial charge in [-0.1, -0.05) is 41.4 Å². The molecule has 158 valence electrons. The lowest BCUT2D eigenvalue weighted by atomic mass is 10.3. The maximum absolute atomic E-state index is 12.5. The number of anilines is 1. The number of ether oxygens (including phenoxy) is 1. The predicted molar refractivity (Wildman–Crippen MR) is 122 cm³/mol. The van der Waals surface area contributed by atoms with Crippen LogP contribution in [0.25, 0.3) is 15.9 Å². The van der Waals surface area contributed by atoms with Crippen LogP contribution in [-0.2, 0) is 9.53 Å². The van der Waals surface area contributed by atoms with Crippen molar-refractivity contribution in [2.24, 2.45) is 0 Å². The molecule has 3 aromatic heterocycles. The minimum absolute atomic E-state index is 0.157. The van der Waals surface area contributed by atoms with Crippen molar-refractivity contribution in [2.75, 3.05) is 11.9 Å². The molecule has 4 aromatic rings. The number of halogens is 2. The number of para-hydroxylation sites is 1. The molecule has 0 bridgehead atoms. The van der Waals surface area contributed by atoms with Gasteiger partial charge in [0.25, 0.3) is 5.91 Å². The Morgan fingerprint density at radius 2 is 1.84 bits per heavy atom. The third-order valence-corrected chi connectivity index (χ3v) is 6.20. The number of esters is 1. The molecule has 1 amide bonds. The molecule has 3 heterocycles. The molecule has 0 radical (unpaired) electrons. The molecule has 0 aliphatic rings. The Kier molecular flexibility index (Phi) is 5.95. The van der Waals surface area contributed by atoms with Crippen molar-refractivity contribution in [1.82, 2.24) is 14.8 Å². The number of carbonyl (C=O) groups excluding carboxylic acids is 2. The number of rotatable bonds is 5. The normalized spacial score (nSPS) is 11.0. The number of amides is 1. The van der Waals surface area contributed by atoms with Gasteiger partial charge in [-0.15, -0.1) is 11.3 Å². The minimum Gasteiger partial charge on any atom is -0.451 e. The Hall–Kier alpha value is -2.94. The maximum Gasteiger partial charge on any atom is 0.348 e. The molecule has 0 atom stereocenters. The SMILES string of the molecule is Cc1nc(NC(=O)COC(=O)c2cc3c(C)nn(-c4ccccc4)c3s2)c(Cl)cc1Cl. The van der Waals surface area contributed by atoms with E-state index in [1.807, 2.05) is 37.3 Å². The Morgan fingerprint density at radius 1 is 1.10 bits per heavy atom. The fourth-order valence-corrected chi connectivity index (χ4v) is 4.39. The highest BCUT2D eigenvalue weighted by Crippen LogP contribution is 2.31. The van der Waals surface area contributed by atoms with Crippen LogP contribution in [0.2, 0.25) is 10.0 Å². The van der Waals surface area contributed by atoms with Gasteiger partial charge in [-0.2, -0.15) is 5.10 Å². The summed E-state index contributed by atoms with van der Waals surface area (Å²) >= 11 is 13.2. The summed E-state index contributed by atoms with van der Waals surface area (Å²) in [6.45, 7) is 3.09. The number of nitrogens with one attached hydrogen (secondary N) is 1. The molecule has 4 rings (SSSR count). The van der Waals surface area contributed by atoms with Crippen LogP contribution in [-0.4, -0.2) is 33.2 Å². The number of fused-ring (bicyclic) bond motifs is 1. The monoisotopic (exact) mass is 474 g/mol. The molecule has 31 heavy (non-hydrogen) atoms. The lowest BCUT2D eigenvalue weighted by Crippen LogP contribution is -2.21. The Balaban J connectivity index is 1.47. The lowest BCUT2D eigenvalue weighted by Gasteiger charge is -2.08. The van der Waals surface area contributed by atoms with Crippen molar-refractivity contribution < 1.29 is 14.3 Å². The second-order valence-electron chi connectivity index (χ2n) is 6.67. The van der Waals surface area contributed by atoms with E-state index in [2.05, 4.69) is 15.4 Å². The predicted octanol–water partition coefficient (Wildman–Crippen LogP) is 5.20. The van der Waals surface area contributed by atoms with Crippen molar-refractivity contribution in [3.8, 4) is 5.69 Å².